The Balaban J connectivity index is 1.88. The van der Waals surface area contributed by atoms with Crippen LogP contribution >= 0.6 is 0 Å². The average molecular weight is 191 g/mol. The van der Waals surface area contributed by atoms with Gasteiger partial charge in [-0.15, -0.1) is 0 Å². The highest BCUT2D eigenvalue weighted by molar-refractivity contribution is 5.30. The SMILES string of the molecule is Oc1ccc(OCC2=CCNC2)cc1. The van der Waals surface area contributed by atoms with Crippen LogP contribution in [0.3, 0.4) is 0 Å². The molecule has 0 saturated carbocycles. The largest absolute Gasteiger partial charge is 0.508 e. The van der Waals surface area contributed by atoms with E-state index >= 15 is 0 Å². The van der Waals surface area contributed by atoms with Gasteiger partial charge < -0.3 is 15.2 Å². The van der Waals surface area contributed by atoms with E-state index in [0.29, 0.717) is 6.61 Å². The third-order valence-corrected chi connectivity index (χ3v) is 2.15. The summed E-state index contributed by atoms with van der Waals surface area (Å²) < 4.78 is 5.53. The maximum Gasteiger partial charge on any atom is 0.120 e. The molecule has 0 unspecified atom stereocenters. The summed E-state index contributed by atoms with van der Waals surface area (Å²) in [6.07, 6.45) is 2.14. The van der Waals surface area contributed by atoms with Crippen molar-refractivity contribution in [1.82, 2.24) is 5.32 Å². The predicted octanol–water partition coefficient (Wildman–Crippen LogP) is 1.30. The maximum atomic E-state index is 9.06. The van der Waals surface area contributed by atoms with E-state index in [4.69, 9.17) is 9.84 Å². The van der Waals surface area contributed by atoms with Crippen LogP contribution in [0.25, 0.3) is 0 Å². The van der Waals surface area contributed by atoms with Gasteiger partial charge in [-0.25, -0.2) is 0 Å². The van der Waals surface area contributed by atoms with E-state index in [9.17, 15) is 0 Å². The maximum absolute atomic E-state index is 9.06. The molecule has 0 aliphatic carbocycles. The normalized spacial score (nSPS) is 15.3. The number of phenols is 1. The van der Waals surface area contributed by atoms with Crippen LogP contribution in [-0.4, -0.2) is 24.8 Å². The highest BCUT2D eigenvalue weighted by Gasteiger charge is 2.03. The molecule has 0 atom stereocenters. The van der Waals surface area contributed by atoms with Crippen molar-refractivity contribution in [2.24, 2.45) is 0 Å². The molecule has 1 aromatic rings. The Labute approximate surface area is 83.0 Å². The quantitative estimate of drug-likeness (QED) is 0.707. The van der Waals surface area contributed by atoms with Gasteiger partial charge in [-0.2, -0.15) is 0 Å². The molecule has 1 aliphatic rings. The fourth-order valence-corrected chi connectivity index (χ4v) is 1.35. The predicted molar refractivity (Wildman–Crippen MR) is 54.6 cm³/mol. The van der Waals surface area contributed by atoms with Crippen LogP contribution in [-0.2, 0) is 0 Å². The van der Waals surface area contributed by atoms with E-state index in [1.165, 1.54) is 5.57 Å². The van der Waals surface area contributed by atoms with Crippen molar-refractivity contribution in [3.8, 4) is 11.5 Å². The van der Waals surface area contributed by atoms with Crippen molar-refractivity contribution in [1.29, 1.82) is 0 Å². The highest BCUT2D eigenvalue weighted by atomic mass is 16.5. The average Bonchev–Trinajstić information content (AvgIpc) is 2.70. The van der Waals surface area contributed by atoms with Gasteiger partial charge in [-0.1, -0.05) is 6.08 Å². The second kappa shape index (κ2) is 4.15. The third kappa shape index (κ3) is 2.26. The summed E-state index contributed by atoms with van der Waals surface area (Å²) in [7, 11) is 0. The van der Waals surface area contributed by atoms with Gasteiger partial charge in [0.2, 0.25) is 0 Å². The van der Waals surface area contributed by atoms with E-state index in [0.717, 1.165) is 18.8 Å². The first-order valence-corrected chi connectivity index (χ1v) is 4.65. The molecule has 1 aliphatic heterocycles. The zero-order chi connectivity index (χ0) is 9.80. The van der Waals surface area contributed by atoms with E-state index in [1.54, 1.807) is 24.3 Å². The number of phenolic OH excluding ortho intramolecular Hbond substituents is 1. The monoisotopic (exact) mass is 191 g/mol. The molecule has 3 heteroatoms. The Morgan fingerprint density at radius 3 is 2.71 bits per heavy atom. The van der Waals surface area contributed by atoms with Gasteiger partial charge in [0, 0.05) is 13.1 Å². The summed E-state index contributed by atoms with van der Waals surface area (Å²) in [6.45, 7) is 2.48. The van der Waals surface area contributed by atoms with E-state index in [1.807, 2.05) is 0 Å². The minimum absolute atomic E-state index is 0.263. The van der Waals surface area contributed by atoms with E-state index in [-0.39, 0.29) is 5.75 Å². The Morgan fingerprint density at radius 1 is 1.29 bits per heavy atom. The Kier molecular flexibility index (Phi) is 2.70. The van der Waals surface area contributed by atoms with Crippen molar-refractivity contribution in [2.75, 3.05) is 19.7 Å². The molecular formula is C11H13NO2. The van der Waals surface area contributed by atoms with Gasteiger partial charge in [0.05, 0.1) is 0 Å². The molecule has 0 spiro atoms. The van der Waals surface area contributed by atoms with Crippen LogP contribution < -0.4 is 10.1 Å². The summed E-state index contributed by atoms with van der Waals surface area (Å²) in [4.78, 5) is 0. The van der Waals surface area contributed by atoms with Crippen molar-refractivity contribution in [2.45, 2.75) is 0 Å². The lowest BCUT2D eigenvalue weighted by atomic mass is 10.3. The van der Waals surface area contributed by atoms with Crippen LogP contribution in [0.4, 0.5) is 0 Å². The molecule has 2 N–H and O–H groups in total. The van der Waals surface area contributed by atoms with E-state index < -0.39 is 0 Å². The van der Waals surface area contributed by atoms with Gasteiger partial charge in [-0.05, 0) is 29.8 Å². The van der Waals surface area contributed by atoms with Gasteiger partial charge in [-0.3, -0.25) is 0 Å². The van der Waals surface area contributed by atoms with Gasteiger partial charge in [0.1, 0.15) is 18.1 Å². The van der Waals surface area contributed by atoms with Crippen molar-refractivity contribution in [3.05, 3.63) is 35.9 Å². The van der Waals surface area contributed by atoms with Crippen LogP contribution in [0.5, 0.6) is 11.5 Å². The zero-order valence-corrected chi connectivity index (χ0v) is 7.86. The van der Waals surface area contributed by atoms with E-state index in [2.05, 4.69) is 11.4 Å². The molecule has 0 radical (unpaired) electrons. The fraction of sp³-hybridized carbons (Fsp3) is 0.273. The number of nitrogens with one attached hydrogen (secondary N) is 1. The minimum Gasteiger partial charge on any atom is -0.508 e. The molecule has 14 heavy (non-hydrogen) atoms. The highest BCUT2D eigenvalue weighted by Crippen LogP contribution is 2.16. The number of rotatable bonds is 3. The number of ether oxygens (including phenoxy) is 1. The molecule has 1 aromatic carbocycles. The lowest BCUT2D eigenvalue weighted by molar-refractivity contribution is 0.349. The Morgan fingerprint density at radius 2 is 2.07 bits per heavy atom. The summed E-state index contributed by atoms with van der Waals surface area (Å²) in [5, 5.41) is 12.3. The Bertz CT molecular complexity index is 330. The fourth-order valence-electron chi connectivity index (χ4n) is 1.35. The molecule has 0 saturated heterocycles. The molecule has 0 fully saturated rings. The molecule has 1 heterocycles. The van der Waals surface area contributed by atoms with Crippen LogP contribution in [0.15, 0.2) is 35.9 Å². The van der Waals surface area contributed by atoms with Crippen LogP contribution in [0.1, 0.15) is 0 Å². The standard InChI is InChI=1S/C11H13NO2/c13-10-1-3-11(4-2-10)14-8-9-5-6-12-7-9/h1-5,12-13H,6-8H2. The second-order valence-electron chi connectivity index (χ2n) is 3.28. The molecule has 2 rings (SSSR count). The first kappa shape index (κ1) is 9.09. The van der Waals surface area contributed by atoms with Crippen LogP contribution in [0.2, 0.25) is 0 Å². The first-order chi connectivity index (χ1) is 6.84. The summed E-state index contributed by atoms with van der Waals surface area (Å²) in [6, 6.07) is 6.77. The van der Waals surface area contributed by atoms with Crippen molar-refractivity contribution in [3.63, 3.8) is 0 Å². The molecular weight excluding hydrogens is 178 g/mol. The molecule has 3 nitrogen and oxygen atoms in total. The van der Waals surface area contributed by atoms with Gasteiger partial charge in [0.25, 0.3) is 0 Å². The lowest BCUT2D eigenvalue weighted by Gasteiger charge is -2.06. The molecule has 0 bridgehead atoms. The number of benzene rings is 1. The van der Waals surface area contributed by atoms with Crippen LogP contribution in [0, 0.1) is 0 Å². The lowest BCUT2D eigenvalue weighted by Crippen LogP contribution is -2.11. The smallest absolute Gasteiger partial charge is 0.120 e. The summed E-state index contributed by atoms with van der Waals surface area (Å²) in [5.41, 5.74) is 1.28. The first-order valence-electron chi connectivity index (χ1n) is 4.65. The molecule has 0 amide bonds. The Hall–Kier alpha value is -1.48. The van der Waals surface area contributed by atoms with Gasteiger partial charge >= 0.3 is 0 Å². The number of hydrogen-bond donors (Lipinski definition) is 2. The molecule has 0 aromatic heterocycles. The topological polar surface area (TPSA) is 41.5 Å². The second-order valence-corrected chi connectivity index (χ2v) is 3.28. The summed E-state index contributed by atoms with van der Waals surface area (Å²) >= 11 is 0. The van der Waals surface area contributed by atoms with Crippen molar-refractivity contribution >= 4 is 0 Å². The minimum atomic E-state index is 0.263. The molecule has 74 valence electrons. The number of aromatic hydroxyl groups is 1. The number of hydrogen-bond acceptors (Lipinski definition) is 3. The summed E-state index contributed by atoms with van der Waals surface area (Å²) in [5.74, 6) is 1.05. The third-order valence-electron chi connectivity index (χ3n) is 2.15. The zero-order valence-electron chi connectivity index (χ0n) is 7.86. The van der Waals surface area contributed by atoms with Gasteiger partial charge in [0.15, 0.2) is 0 Å². The van der Waals surface area contributed by atoms with Crippen molar-refractivity contribution < 1.29 is 9.84 Å².